The van der Waals surface area contributed by atoms with Crippen LogP contribution in [0.15, 0.2) is 0 Å². The third-order valence-corrected chi connectivity index (χ3v) is 24.8. The van der Waals surface area contributed by atoms with Crippen LogP contribution >= 0.6 is 0 Å². The third-order valence-electron chi connectivity index (χ3n) is 8.27. The molecule has 12 heteroatoms. The van der Waals surface area contributed by atoms with Crippen molar-refractivity contribution in [2.45, 2.75) is 271 Å². The van der Waals surface area contributed by atoms with Gasteiger partial charge >= 0.3 is 8.56 Å². The lowest BCUT2D eigenvalue weighted by Gasteiger charge is -2.19. The van der Waals surface area contributed by atoms with Crippen molar-refractivity contribution in [1.82, 2.24) is 0 Å². The van der Waals surface area contributed by atoms with Crippen LogP contribution < -0.4 is 0 Å². The first-order chi connectivity index (χ1) is 19.5. The molecule has 0 aromatic carbocycles. The predicted octanol–water partition coefficient (Wildman–Crippen LogP) is 17.7. The zero-order valence-corrected chi connectivity index (χ0v) is 42.1. The average molecular weight is 932 g/mol. The lowest BCUT2D eigenvalue weighted by molar-refractivity contribution is 0.251. The van der Waals surface area contributed by atoms with E-state index in [-0.39, 0.29) is 89.1 Å². The standard InChI is InChI=1S/2C6H16Si.C5H14O2Si.2C4H12OSi.C3H10OSi.C3H10Si.12CH4/c2*1-5-7(3,4)6-2;1-5-8(4,6-2)7-3;1-4-6(2,3)5;1-4-6(3)5-2;1-3-5(2)4;1-3-4-2;;;;;;;;;;;;/h2*5-6H2,1-4H3;5H2,1-4H3;5H,4H2,1-3H3;6H,4H2,1-3H3;4-5H,3H2,1-2H3;3-4H2,1-2H3;12*1H4. The Balaban J connectivity index is -0.0000000157. The minimum absolute atomic E-state index is 0. The van der Waals surface area contributed by atoms with Crippen LogP contribution in [0.5, 0.6) is 0 Å². The maximum atomic E-state index is 8.97. The topological polar surface area (TPSA) is 68.2 Å². The Kier molecular flexibility index (Phi) is 187. The largest absolute Gasteiger partial charge is 0.435 e. The van der Waals surface area contributed by atoms with Crippen molar-refractivity contribution < 1.29 is 22.9 Å². The molecule has 0 bridgehead atoms. The highest BCUT2D eigenvalue weighted by Crippen LogP contribution is 2.13. The molecule has 0 fully saturated rings. The fourth-order valence-electron chi connectivity index (χ4n) is 1.04. The number of rotatable bonds is 12. The minimum atomic E-state index is -1.67. The van der Waals surface area contributed by atoms with Crippen LogP contribution in [-0.2, 0) is 13.3 Å². The van der Waals surface area contributed by atoms with Gasteiger partial charge in [0.05, 0.1) is 0 Å². The van der Waals surface area contributed by atoms with Crippen molar-refractivity contribution in [2.24, 2.45) is 0 Å². The fraction of sp³-hybridized carbons (Fsp3) is 1.00. The number of hydrogen-bond donors (Lipinski definition) is 2. The zero-order chi connectivity index (χ0) is 36.3. The molecule has 0 radical (unpaired) electrons. The fourth-order valence-corrected chi connectivity index (χ4v) is 3.12. The van der Waals surface area contributed by atoms with Gasteiger partial charge in [-0.1, -0.05) is 214 Å². The van der Waals surface area contributed by atoms with E-state index in [1.807, 2.05) is 40.0 Å². The van der Waals surface area contributed by atoms with E-state index < -0.39 is 51.1 Å². The minimum Gasteiger partial charge on any atom is -0.435 e. The summed E-state index contributed by atoms with van der Waals surface area (Å²) in [6, 6.07) is 11.4. The summed E-state index contributed by atoms with van der Waals surface area (Å²) in [7, 11) is -0.784. The maximum Gasteiger partial charge on any atom is 0.334 e. The van der Waals surface area contributed by atoms with Gasteiger partial charge in [-0.25, -0.2) is 0 Å². The van der Waals surface area contributed by atoms with Gasteiger partial charge in [-0.05, 0) is 56.9 Å². The van der Waals surface area contributed by atoms with Crippen LogP contribution in [0.2, 0.25) is 120 Å². The highest BCUT2D eigenvalue weighted by Gasteiger charge is 2.24. The molecule has 2 atom stereocenters. The molecule has 0 aliphatic heterocycles. The van der Waals surface area contributed by atoms with Gasteiger partial charge in [-0.2, -0.15) is 0 Å². The number of hydrogen-bond acceptors (Lipinski definition) is 5. The second kappa shape index (κ2) is 83.1. The van der Waals surface area contributed by atoms with Crippen LogP contribution in [0, 0.1) is 0 Å². The second-order valence-corrected chi connectivity index (χ2v) is 40.5. The molecule has 2 N–H and O–H groups in total. The smallest absolute Gasteiger partial charge is 0.334 e. The molecule has 0 saturated heterocycles. The van der Waals surface area contributed by atoms with Crippen molar-refractivity contribution >= 4 is 60.6 Å². The van der Waals surface area contributed by atoms with Crippen molar-refractivity contribution in [2.75, 3.05) is 21.3 Å². The first-order valence-electron chi connectivity index (χ1n) is 17.5. The molecule has 2 unspecified atom stereocenters. The molecule has 0 spiro atoms. The van der Waals surface area contributed by atoms with Crippen LogP contribution in [-0.4, -0.2) is 91.5 Å². The van der Waals surface area contributed by atoms with Gasteiger partial charge in [0.2, 0.25) is 0 Å². The van der Waals surface area contributed by atoms with E-state index in [0.717, 1.165) is 18.1 Å². The molecule has 0 rings (SSSR count). The van der Waals surface area contributed by atoms with Gasteiger partial charge in [0, 0.05) is 47.0 Å². The summed E-state index contributed by atoms with van der Waals surface area (Å²) in [5.74, 6) is 0. The molecule has 0 saturated carbocycles. The molecule has 0 aliphatic rings. The van der Waals surface area contributed by atoms with Crippen LogP contribution in [0.1, 0.15) is 151 Å². The molecule has 368 valence electrons. The van der Waals surface area contributed by atoms with Gasteiger partial charge in [-0.15, -0.1) is 0 Å². The molecular formula is C43H138O5Si7. The summed E-state index contributed by atoms with van der Waals surface area (Å²) in [5, 5.41) is 0. The van der Waals surface area contributed by atoms with E-state index in [1.165, 1.54) is 36.3 Å². The maximum absolute atomic E-state index is 8.97. The summed E-state index contributed by atoms with van der Waals surface area (Å²) in [6.45, 7) is 41.8. The summed E-state index contributed by atoms with van der Waals surface area (Å²) in [5.41, 5.74) is 0. The average Bonchev–Trinajstić information content (AvgIpc) is 3.01. The molecule has 0 aliphatic carbocycles. The summed E-state index contributed by atoms with van der Waals surface area (Å²) >= 11 is 0. The molecular weight excluding hydrogens is 793 g/mol. The van der Waals surface area contributed by atoms with Crippen molar-refractivity contribution in [3.8, 4) is 0 Å². The lowest BCUT2D eigenvalue weighted by atomic mass is 10.9. The lowest BCUT2D eigenvalue weighted by Crippen LogP contribution is -2.34. The van der Waals surface area contributed by atoms with E-state index >= 15 is 0 Å². The second-order valence-electron chi connectivity index (χ2n) is 13.5. The summed E-state index contributed by atoms with van der Waals surface area (Å²) in [6.07, 6.45) is 0. The van der Waals surface area contributed by atoms with Crippen molar-refractivity contribution in [3.63, 3.8) is 0 Å². The van der Waals surface area contributed by atoms with E-state index in [9.17, 15) is 0 Å². The Morgan fingerprint density at radius 3 is 0.673 bits per heavy atom. The van der Waals surface area contributed by atoms with E-state index in [1.54, 1.807) is 21.3 Å². The van der Waals surface area contributed by atoms with Gasteiger partial charge in [0.25, 0.3) is 0 Å². The Bertz CT molecular complexity index is 452. The first kappa shape index (κ1) is 124. The van der Waals surface area contributed by atoms with Crippen molar-refractivity contribution in [3.05, 3.63) is 0 Å². The molecule has 5 nitrogen and oxygen atoms in total. The highest BCUT2D eigenvalue weighted by atomic mass is 28.4. The van der Waals surface area contributed by atoms with Crippen LogP contribution in [0.3, 0.4) is 0 Å². The molecule has 0 aromatic rings. The Morgan fingerprint density at radius 2 is 0.673 bits per heavy atom. The van der Waals surface area contributed by atoms with E-state index in [2.05, 4.69) is 87.7 Å². The highest BCUT2D eigenvalue weighted by molar-refractivity contribution is 6.77. The van der Waals surface area contributed by atoms with E-state index in [4.69, 9.17) is 22.9 Å². The van der Waals surface area contributed by atoms with Gasteiger partial charge in [0.1, 0.15) is 0 Å². The molecule has 0 aromatic heterocycles. The monoisotopic (exact) mass is 931 g/mol. The first-order valence-corrected chi connectivity index (χ1v) is 37.4. The van der Waals surface area contributed by atoms with Gasteiger partial charge in [0.15, 0.2) is 26.4 Å². The quantitative estimate of drug-likeness (QED) is 0.191. The van der Waals surface area contributed by atoms with Crippen LogP contribution in [0.25, 0.3) is 0 Å². The third kappa shape index (κ3) is 151. The van der Waals surface area contributed by atoms with Gasteiger partial charge in [-0.3, -0.25) is 0 Å². The Hall–Kier alpha value is 1.32. The van der Waals surface area contributed by atoms with E-state index in [0.29, 0.717) is 9.52 Å². The molecule has 0 heterocycles. The van der Waals surface area contributed by atoms with Crippen LogP contribution in [0.4, 0.5) is 0 Å². The molecule has 0 amide bonds. The van der Waals surface area contributed by atoms with Gasteiger partial charge < -0.3 is 22.9 Å². The Labute approximate surface area is 374 Å². The predicted molar refractivity (Wildman–Crippen MR) is 305 cm³/mol. The summed E-state index contributed by atoms with van der Waals surface area (Å²) < 4.78 is 15.3. The normalized spacial score (nSPS) is 9.82. The Morgan fingerprint density at radius 1 is 0.473 bits per heavy atom. The zero-order valence-electron chi connectivity index (χ0n) is 34.3. The molecule has 55 heavy (non-hydrogen) atoms. The van der Waals surface area contributed by atoms with Crippen molar-refractivity contribution in [1.29, 1.82) is 0 Å². The summed E-state index contributed by atoms with van der Waals surface area (Å²) in [4.78, 5) is 17.5. The SMILES string of the molecule is C.C.C.C.C.C.C.C.C.C.C.C.CC[SiH2]C.CC[SiH](C)O.CC[SiH](C)OC.CC[Si](C)(C)CC.CC[Si](C)(C)CC.CC[Si](C)(C)O.CC[Si](C)(OC)OC.